The van der Waals surface area contributed by atoms with Crippen molar-refractivity contribution in [2.24, 2.45) is 0 Å². The monoisotopic (exact) mass is 385 g/mol. The van der Waals surface area contributed by atoms with Crippen LogP contribution in [0.25, 0.3) is 0 Å². The Morgan fingerprint density at radius 2 is 1.32 bits per heavy atom. The third kappa shape index (κ3) is 7.09. The molecule has 1 atom stereocenters. The van der Waals surface area contributed by atoms with Crippen LogP contribution in [0.15, 0.2) is 48.5 Å². The van der Waals surface area contributed by atoms with Crippen LogP contribution in [0.4, 0.5) is 5.69 Å². The fourth-order valence-electron chi connectivity index (χ4n) is 1.89. The number of hydrogen-bond donors (Lipinski definition) is 3. The molecule has 0 aliphatic rings. The van der Waals surface area contributed by atoms with Crippen molar-refractivity contribution < 1.29 is 17.5 Å². The Bertz CT molecular complexity index is 631. The first-order valence-electron chi connectivity index (χ1n) is 6.60. The molecule has 7 heteroatoms. The van der Waals surface area contributed by atoms with Gasteiger partial charge >= 0.3 is 118 Å². The van der Waals surface area contributed by atoms with E-state index < -0.39 is 25.1 Å². The van der Waals surface area contributed by atoms with E-state index in [4.69, 9.17) is 23.3 Å². The Hall–Kier alpha value is -1.33. The third-order valence-electron chi connectivity index (χ3n) is 2.87. The average molecular weight is 385 g/mol. The zero-order chi connectivity index (χ0) is 16.8. The molecular formula is C15H20AsNO4S. The largest absolute Gasteiger partial charge is 0.394 e. The predicted molar refractivity (Wildman–Crippen MR) is 91.7 cm³/mol. The Labute approximate surface area is 136 Å². The van der Waals surface area contributed by atoms with Crippen molar-refractivity contribution in [3.63, 3.8) is 0 Å². The molecule has 0 aliphatic heterocycles. The van der Waals surface area contributed by atoms with Crippen LogP contribution in [0.5, 0.6) is 0 Å². The summed E-state index contributed by atoms with van der Waals surface area (Å²) < 4.78 is 34.6. The quantitative estimate of drug-likeness (QED) is 0.423. The fraction of sp³-hybridized carbons (Fsp3) is 0.200. The van der Waals surface area contributed by atoms with E-state index in [2.05, 4.69) is 50.2 Å². The Morgan fingerprint density at radius 3 is 1.68 bits per heavy atom. The molecule has 0 bridgehead atoms. The Balaban J connectivity index is 0.000000422. The van der Waals surface area contributed by atoms with Crippen molar-refractivity contribution in [2.75, 3.05) is 5.73 Å². The SMILES string of the molecule is CC[As](c1ccc(C)cc1)c1ccc(N)cc1.O=S(=O)(O)O. The fourth-order valence-corrected chi connectivity index (χ4v) is 6.19. The van der Waals surface area contributed by atoms with Crippen LogP contribution in [0.3, 0.4) is 0 Å². The van der Waals surface area contributed by atoms with Crippen molar-refractivity contribution in [3.8, 4) is 0 Å². The molecule has 0 saturated heterocycles. The molecule has 0 fully saturated rings. The first-order valence-corrected chi connectivity index (χ1v) is 11.2. The summed E-state index contributed by atoms with van der Waals surface area (Å²) in [4.78, 5) is 0. The molecule has 4 N–H and O–H groups in total. The van der Waals surface area contributed by atoms with Gasteiger partial charge in [-0.3, -0.25) is 9.11 Å². The van der Waals surface area contributed by atoms with E-state index in [0.29, 0.717) is 0 Å². The molecule has 0 spiro atoms. The second kappa shape index (κ2) is 8.34. The minimum absolute atomic E-state index is 0.850. The molecule has 2 aromatic carbocycles. The number of aryl methyl sites for hydroxylation is 1. The summed E-state index contributed by atoms with van der Waals surface area (Å²) in [7, 11) is -4.67. The minimum atomic E-state index is -4.67. The summed E-state index contributed by atoms with van der Waals surface area (Å²) in [5.41, 5.74) is 7.92. The van der Waals surface area contributed by atoms with E-state index in [1.165, 1.54) is 19.5 Å². The van der Waals surface area contributed by atoms with Gasteiger partial charge in [0.05, 0.1) is 0 Å². The topological polar surface area (TPSA) is 101 Å². The molecule has 0 saturated carbocycles. The number of anilines is 1. The zero-order valence-electron chi connectivity index (χ0n) is 12.5. The van der Waals surface area contributed by atoms with E-state index in [9.17, 15) is 0 Å². The van der Waals surface area contributed by atoms with Crippen LogP contribution in [0.1, 0.15) is 12.5 Å². The smallest absolute Gasteiger partial charge is 0.264 e. The zero-order valence-corrected chi connectivity index (χ0v) is 15.2. The first-order chi connectivity index (χ1) is 10.2. The molecule has 5 nitrogen and oxygen atoms in total. The molecule has 0 radical (unpaired) electrons. The predicted octanol–water partition coefficient (Wildman–Crippen LogP) is 1.55. The van der Waals surface area contributed by atoms with Gasteiger partial charge in [0.1, 0.15) is 0 Å². The molecule has 0 aliphatic carbocycles. The maximum absolute atomic E-state index is 8.74. The van der Waals surface area contributed by atoms with Gasteiger partial charge in [-0.05, 0) is 0 Å². The van der Waals surface area contributed by atoms with Gasteiger partial charge in [-0.25, -0.2) is 0 Å². The van der Waals surface area contributed by atoms with Gasteiger partial charge in [-0.2, -0.15) is 8.42 Å². The standard InChI is InChI=1S/C15H18AsN.H2O4S/c1-3-16(13-6-4-12(2)5-7-13)14-8-10-15(17)11-9-14;1-5(2,3)4/h4-11H,3,17H2,1-2H3;(H2,1,2,3,4). The second-order valence-electron chi connectivity index (χ2n) is 4.62. The first kappa shape index (κ1) is 18.7. The van der Waals surface area contributed by atoms with E-state index >= 15 is 0 Å². The number of hydrogen-bond acceptors (Lipinski definition) is 3. The van der Waals surface area contributed by atoms with Gasteiger partial charge in [-0.15, -0.1) is 0 Å². The van der Waals surface area contributed by atoms with Gasteiger partial charge in [0, 0.05) is 0 Å². The molecule has 2 rings (SSSR count). The molecule has 0 aromatic heterocycles. The summed E-state index contributed by atoms with van der Waals surface area (Å²) in [5.74, 6) is 0. The Morgan fingerprint density at radius 1 is 0.955 bits per heavy atom. The Kier molecular flexibility index (Phi) is 7.10. The molecule has 1 unspecified atom stereocenters. The minimum Gasteiger partial charge on any atom is -0.264 e. The van der Waals surface area contributed by atoms with Crippen molar-refractivity contribution in [1.29, 1.82) is 0 Å². The molecule has 2 aromatic rings. The van der Waals surface area contributed by atoms with Crippen LogP contribution in [0, 0.1) is 6.92 Å². The van der Waals surface area contributed by atoms with Crippen LogP contribution in [0.2, 0.25) is 5.21 Å². The van der Waals surface area contributed by atoms with Gasteiger partial charge in [0.2, 0.25) is 0 Å². The van der Waals surface area contributed by atoms with E-state index in [-0.39, 0.29) is 0 Å². The van der Waals surface area contributed by atoms with Crippen molar-refractivity contribution in [1.82, 2.24) is 0 Å². The van der Waals surface area contributed by atoms with Crippen LogP contribution in [-0.4, -0.2) is 32.2 Å². The van der Waals surface area contributed by atoms with Gasteiger partial charge in [0.15, 0.2) is 0 Å². The number of nitrogen functional groups attached to an aromatic ring is 1. The van der Waals surface area contributed by atoms with Gasteiger partial charge in [-0.1, -0.05) is 0 Å². The maximum Gasteiger partial charge on any atom is 0.394 e. The van der Waals surface area contributed by atoms with Crippen molar-refractivity contribution in [2.45, 2.75) is 19.1 Å². The van der Waals surface area contributed by atoms with Crippen LogP contribution < -0.4 is 14.4 Å². The van der Waals surface area contributed by atoms with E-state index in [0.717, 1.165) is 5.69 Å². The normalized spacial score (nSPS) is 12.2. The summed E-state index contributed by atoms with van der Waals surface area (Å²) in [6, 6.07) is 17.4. The summed E-state index contributed by atoms with van der Waals surface area (Å²) in [6.45, 7) is 4.42. The van der Waals surface area contributed by atoms with Gasteiger partial charge in [0.25, 0.3) is 0 Å². The summed E-state index contributed by atoms with van der Waals surface area (Å²) in [5, 5.41) is 1.25. The second-order valence-corrected chi connectivity index (χ2v) is 10.8. The summed E-state index contributed by atoms with van der Waals surface area (Å²) in [6.07, 6.45) is 0. The maximum atomic E-state index is 8.74. The average Bonchev–Trinajstić information content (AvgIpc) is 2.42. The van der Waals surface area contributed by atoms with Gasteiger partial charge < -0.3 is 0 Å². The number of benzene rings is 2. The summed E-state index contributed by atoms with van der Waals surface area (Å²) >= 11 is -1.10. The third-order valence-corrected chi connectivity index (χ3v) is 8.06. The molecule has 120 valence electrons. The van der Waals surface area contributed by atoms with E-state index in [1.807, 2.05) is 12.1 Å². The number of rotatable bonds is 3. The molecule has 0 heterocycles. The van der Waals surface area contributed by atoms with Crippen molar-refractivity contribution in [3.05, 3.63) is 54.1 Å². The molecular weight excluding hydrogens is 365 g/mol. The van der Waals surface area contributed by atoms with E-state index in [1.54, 1.807) is 0 Å². The van der Waals surface area contributed by atoms with Crippen molar-refractivity contribution >= 4 is 39.4 Å². The number of nitrogens with two attached hydrogens (primary N) is 1. The molecule has 22 heavy (non-hydrogen) atoms. The van der Waals surface area contributed by atoms with Crippen LogP contribution >= 0.6 is 0 Å². The molecule has 0 amide bonds. The van der Waals surface area contributed by atoms with Crippen LogP contribution in [-0.2, 0) is 10.4 Å².